The van der Waals surface area contributed by atoms with Gasteiger partial charge in [0, 0.05) is 11.9 Å². The number of benzene rings is 2. The van der Waals surface area contributed by atoms with Crippen molar-refractivity contribution in [2.45, 2.75) is 6.92 Å². The second-order valence-corrected chi connectivity index (χ2v) is 4.30. The lowest BCUT2D eigenvalue weighted by Crippen LogP contribution is -2.08. The van der Waals surface area contributed by atoms with E-state index in [9.17, 15) is 9.18 Å². The van der Waals surface area contributed by atoms with Crippen LogP contribution in [0.3, 0.4) is 0 Å². The van der Waals surface area contributed by atoms with Gasteiger partial charge in [0.15, 0.2) is 0 Å². The van der Waals surface area contributed by atoms with Crippen molar-refractivity contribution in [3.05, 3.63) is 72.2 Å². The highest BCUT2D eigenvalue weighted by atomic mass is 19.1. The first kappa shape index (κ1) is 14.8. The number of nitrogens with one attached hydrogen (secondary N) is 1. The van der Waals surface area contributed by atoms with E-state index in [1.54, 1.807) is 25.3 Å². The van der Waals surface area contributed by atoms with Gasteiger partial charge < -0.3 is 10.1 Å². The van der Waals surface area contributed by atoms with Gasteiger partial charge in [0.25, 0.3) is 0 Å². The number of rotatable bonds is 5. The first-order valence-electron chi connectivity index (χ1n) is 6.65. The molecular formula is C17H16FNO2. The van der Waals surface area contributed by atoms with Gasteiger partial charge in [-0.3, -0.25) is 0 Å². The molecule has 0 bridgehead atoms. The average molecular weight is 285 g/mol. The summed E-state index contributed by atoms with van der Waals surface area (Å²) in [5, 5.41) is 3.04. The summed E-state index contributed by atoms with van der Waals surface area (Å²) in [7, 11) is 0. The van der Waals surface area contributed by atoms with E-state index in [0.29, 0.717) is 11.1 Å². The number of ether oxygens (including phenoxy) is 1. The Bertz CT molecular complexity index is 621. The lowest BCUT2D eigenvalue weighted by atomic mass is 10.1. The first-order chi connectivity index (χ1) is 10.2. The molecule has 0 aliphatic rings. The van der Waals surface area contributed by atoms with Crippen molar-refractivity contribution in [3.8, 4) is 0 Å². The van der Waals surface area contributed by atoms with Crippen LogP contribution in [0.2, 0.25) is 0 Å². The van der Waals surface area contributed by atoms with Crippen molar-refractivity contribution in [2.75, 3.05) is 11.9 Å². The number of hydrogen-bond donors (Lipinski definition) is 1. The summed E-state index contributed by atoms with van der Waals surface area (Å²) in [6, 6.07) is 15.1. The fourth-order valence-electron chi connectivity index (χ4n) is 1.79. The maximum absolute atomic E-state index is 13.0. The highest BCUT2D eigenvalue weighted by Crippen LogP contribution is 2.18. The molecule has 108 valence electrons. The summed E-state index contributed by atoms with van der Waals surface area (Å²) in [4.78, 5) is 12.0. The second-order valence-electron chi connectivity index (χ2n) is 4.30. The minimum atomic E-state index is -0.451. The van der Waals surface area contributed by atoms with Crippen molar-refractivity contribution in [3.63, 3.8) is 0 Å². The monoisotopic (exact) mass is 285 g/mol. The Morgan fingerprint density at radius 3 is 2.43 bits per heavy atom. The Labute approximate surface area is 123 Å². The highest BCUT2D eigenvalue weighted by Gasteiger charge is 2.13. The predicted octanol–water partition coefficient (Wildman–Crippen LogP) is 3.84. The van der Waals surface area contributed by atoms with Crippen LogP contribution in [0.25, 0.3) is 5.57 Å². The van der Waals surface area contributed by atoms with Crippen molar-refractivity contribution in [1.82, 2.24) is 0 Å². The maximum Gasteiger partial charge on any atom is 0.340 e. The van der Waals surface area contributed by atoms with Crippen molar-refractivity contribution < 1.29 is 13.9 Å². The minimum absolute atomic E-state index is 0.280. The molecule has 3 nitrogen and oxygen atoms in total. The molecule has 4 heteroatoms. The second kappa shape index (κ2) is 7.24. The van der Waals surface area contributed by atoms with Crippen LogP contribution in [0.15, 0.2) is 60.8 Å². The van der Waals surface area contributed by atoms with E-state index < -0.39 is 5.97 Å². The van der Waals surface area contributed by atoms with Gasteiger partial charge in [-0.05, 0) is 36.8 Å². The molecule has 0 aliphatic carbocycles. The average Bonchev–Trinajstić information content (AvgIpc) is 2.50. The number of para-hydroxylation sites is 1. The molecule has 2 aromatic rings. The fourth-order valence-corrected chi connectivity index (χ4v) is 1.79. The summed E-state index contributed by atoms with van der Waals surface area (Å²) in [6.45, 7) is 2.02. The van der Waals surface area contributed by atoms with Crippen LogP contribution in [0, 0.1) is 5.82 Å². The normalized spacial score (nSPS) is 11.0. The molecule has 0 fully saturated rings. The van der Waals surface area contributed by atoms with E-state index in [4.69, 9.17) is 4.74 Å². The van der Waals surface area contributed by atoms with Gasteiger partial charge >= 0.3 is 5.97 Å². The molecule has 0 aromatic heterocycles. The SMILES string of the molecule is CCOC(=O)/C(=C\Nc1ccccc1)c1ccc(F)cc1. The van der Waals surface area contributed by atoms with Gasteiger partial charge in [0.05, 0.1) is 12.2 Å². The summed E-state index contributed by atoms with van der Waals surface area (Å²) in [5.74, 6) is -0.800. The molecule has 0 radical (unpaired) electrons. The van der Waals surface area contributed by atoms with E-state index >= 15 is 0 Å². The van der Waals surface area contributed by atoms with Crippen LogP contribution < -0.4 is 5.32 Å². The molecule has 0 amide bonds. The van der Waals surface area contributed by atoms with E-state index in [1.807, 2.05) is 30.3 Å². The van der Waals surface area contributed by atoms with Crippen LogP contribution >= 0.6 is 0 Å². The van der Waals surface area contributed by atoms with Crippen molar-refractivity contribution >= 4 is 17.2 Å². The first-order valence-corrected chi connectivity index (χ1v) is 6.65. The summed E-state index contributed by atoms with van der Waals surface area (Å²) < 4.78 is 18.0. The lowest BCUT2D eigenvalue weighted by Gasteiger charge is -2.08. The molecule has 0 unspecified atom stereocenters. The zero-order valence-corrected chi connectivity index (χ0v) is 11.7. The number of hydrogen-bond acceptors (Lipinski definition) is 3. The van der Waals surface area contributed by atoms with E-state index in [2.05, 4.69) is 5.32 Å². The maximum atomic E-state index is 13.0. The van der Waals surface area contributed by atoms with Gasteiger partial charge in [-0.2, -0.15) is 0 Å². The number of anilines is 1. The summed E-state index contributed by atoms with van der Waals surface area (Å²) >= 11 is 0. The topological polar surface area (TPSA) is 38.3 Å². The molecule has 0 aliphatic heterocycles. The van der Waals surface area contributed by atoms with Gasteiger partial charge in [-0.25, -0.2) is 9.18 Å². The zero-order chi connectivity index (χ0) is 15.1. The van der Waals surface area contributed by atoms with Gasteiger partial charge in [0.2, 0.25) is 0 Å². The van der Waals surface area contributed by atoms with Crippen molar-refractivity contribution in [1.29, 1.82) is 0 Å². The van der Waals surface area contributed by atoms with Crippen LogP contribution in [0.4, 0.5) is 10.1 Å². The van der Waals surface area contributed by atoms with Crippen LogP contribution in [0.5, 0.6) is 0 Å². The van der Waals surface area contributed by atoms with Gasteiger partial charge in [0.1, 0.15) is 5.82 Å². The molecule has 2 aromatic carbocycles. The third-order valence-electron chi connectivity index (χ3n) is 2.81. The van der Waals surface area contributed by atoms with Crippen molar-refractivity contribution in [2.24, 2.45) is 0 Å². The summed E-state index contributed by atoms with van der Waals surface area (Å²) in [5.41, 5.74) is 1.79. The number of carbonyl (C=O) groups is 1. The Balaban J connectivity index is 2.27. The van der Waals surface area contributed by atoms with Crippen LogP contribution in [0.1, 0.15) is 12.5 Å². The predicted molar refractivity (Wildman–Crippen MR) is 81.1 cm³/mol. The van der Waals surface area contributed by atoms with Gasteiger partial charge in [-0.1, -0.05) is 30.3 Å². The Morgan fingerprint density at radius 1 is 1.14 bits per heavy atom. The molecule has 0 heterocycles. The molecule has 0 saturated heterocycles. The molecular weight excluding hydrogens is 269 g/mol. The quantitative estimate of drug-likeness (QED) is 0.670. The molecule has 2 rings (SSSR count). The van der Waals surface area contributed by atoms with E-state index in [-0.39, 0.29) is 12.4 Å². The van der Waals surface area contributed by atoms with E-state index in [1.165, 1.54) is 12.1 Å². The molecule has 0 atom stereocenters. The fraction of sp³-hybridized carbons (Fsp3) is 0.118. The zero-order valence-electron chi connectivity index (χ0n) is 11.7. The Morgan fingerprint density at radius 2 is 1.81 bits per heavy atom. The highest BCUT2D eigenvalue weighted by molar-refractivity contribution is 6.16. The number of carbonyl (C=O) groups excluding carboxylic acids is 1. The largest absolute Gasteiger partial charge is 0.462 e. The molecule has 0 spiro atoms. The summed E-state index contributed by atoms with van der Waals surface area (Å²) in [6.07, 6.45) is 1.57. The number of halogens is 1. The molecule has 1 N–H and O–H groups in total. The van der Waals surface area contributed by atoms with Crippen LogP contribution in [-0.4, -0.2) is 12.6 Å². The Hall–Kier alpha value is -2.62. The smallest absolute Gasteiger partial charge is 0.340 e. The molecule has 0 saturated carbocycles. The third kappa shape index (κ3) is 4.18. The lowest BCUT2D eigenvalue weighted by molar-refractivity contribution is -0.136. The Kier molecular flexibility index (Phi) is 5.10. The third-order valence-corrected chi connectivity index (χ3v) is 2.81. The minimum Gasteiger partial charge on any atom is -0.462 e. The van der Waals surface area contributed by atoms with E-state index in [0.717, 1.165) is 5.69 Å². The van der Waals surface area contributed by atoms with Crippen LogP contribution in [-0.2, 0) is 9.53 Å². The van der Waals surface area contributed by atoms with Gasteiger partial charge in [-0.15, -0.1) is 0 Å². The standard InChI is InChI=1S/C17H16FNO2/c1-2-21-17(20)16(13-8-10-14(18)11-9-13)12-19-15-6-4-3-5-7-15/h3-12,19H,2H2,1H3/b16-12-. The number of esters is 1. The molecule has 21 heavy (non-hydrogen) atoms.